The predicted molar refractivity (Wildman–Crippen MR) is 78.1 cm³/mol. The summed E-state index contributed by atoms with van der Waals surface area (Å²) in [7, 11) is 1.66. The molecule has 3 aromatic rings. The number of methoxy groups -OCH3 is 1. The average Bonchev–Trinajstić information content (AvgIpc) is 2.90. The van der Waals surface area contributed by atoms with E-state index >= 15 is 0 Å². The van der Waals surface area contributed by atoms with Crippen LogP contribution in [0.2, 0.25) is 0 Å². The van der Waals surface area contributed by atoms with Crippen LogP contribution in [0, 0.1) is 6.92 Å². The fraction of sp³-hybridized carbons (Fsp3) is 0.125. The van der Waals surface area contributed by atoms with Gasteiger partial charge in [-0.1, -0.05) is 6.07 Å². The lowest BCUT2D eigenvalue weighted by atomic mass is 10.2. The van der Waals surface area contributed by atoms with Crippen molar-refractivity contribution in [2.75, 3.05) is 7.11 Å². The van der Waals surface area contributed by atoms with Crippen molar-refractivity contribution in [1.82, 2.24) is 14.8 Å². The highest BCUT2D eigenvalue weighted by Crippen LogP contribution is 2.20. The molecule has 3 rings (SSSR count). The standard InChI is InChI=1S/C16H15N3O/c1-12-11-16(15-5-3-4-10-17-15)18-19(12)13-6-8-14(20-2)9-7-13/h3-11H,1-2H3. The molecule has 0 saturated heterocycles. The topological polar surface area (TPSA) is 39.9 Å². The molecular formula is C16H15N3O. The SMILES string of the molecule is COc1ccc(-n2nc(-c3ccccn3)cc2C)cc1. The molecule has 0 unspecified atom stereocenters. The average molecular weight is 265 g/mol. The lowest BCUT2D eigenvalue weighted by Crippen LogP contribution is -1.98. The van der Waals surface area contributed by atoms with Gasteiger partial charge in [0.05, 0.1) is 18.5 Å². The van der Waals surface area contributed by atoms with Crippen LogP contribution in [0.1, 0.15) is 5.69 Å². The highest BCUT2D eigenvalue weighted by molar-refractivity contribution is 5.55. The van der Waals surface area contributed by atoms with Gasteiger partial charge < -0.3 is 4.74 Å². The van der Waals surface area contributed by atoms with Gasteiger partial charge in [0.1, 0.15) is 11.4 Å². The molecule has 1 aromatic carbocycles. The summed E-state index contributed by atoms with van der Waals surface area (Å²) >= 11 is 0. The Hall–Kier alpha value is -2.62. The molecule has 20 heavy (non-hydrogen) atoms. The summed E-state index contributed by atoms with van der Waals surface area (Å²) in [6.45, 7) is 2.03. The molecule has 4 nitrogen and oxygen atoms in total. The van der Waals surface area contributed by atoms with Crippen molar-refractivity contribution in [2.24, 2.45) is 0 Å². The van der Waals surface area contributed by atoms with Crippen molar-refractivity contribution >= 4 is 0 Å². The van der Waals surface area contributed by atoms with Gasteiger partial charge in [-0.25, -0.2) is 4.68 Å². The maximum absolute atomic E-state index is 5.17. The molecule has 0 aliphatic carbocycles. The number of hydrogen-bond acceptors (Lipinski definition) is 3. The third kappa shape index (κ3) is 2.28. The summed E-state index contributed by atoms with van der Waals surface area (Å²) in [6, 6.07) is 15.7. The van der Waals surface area contributed by atoms with Crippen LogP contribution in [0.5, 0.6) is 5.75 Å². The number of aromatic nitrogens is 3. The molecule has 0 aliphatic rings. The third-order valence-electron chi connectivity index (χ3n) is 3.13. The molecule has 0 fully saturated rings. The molecule has 0 amide bonds. The summed E-state index contributed by atoms with van der Waals surface area (Å²) in [5.74, 6) is 0.837. The third-order valence-corrected chi connectivity index (χ3v) is 3.13. The molecule has 0 spiro atoms. The van der Waals surface area contributed by atoms with E-state index in [0.29, 0.717) is 0 Å². The van der Waals surface area contributed by atoms with E-state index in [1.807, 2.05) is 60.1 Å². The molecule has 100 valence electrons. The van der Waals surface area contributed by atoms with Gasteiger partial charge >= 0.3 is 0 Å². The number of rotatable bonds is 3. The van der Waals surface area contributed by atoms with Gasteiger partial charge in [0.2, 0.25) is 0 Å². The second kappa shape index (κ2) is 5.17. The molecule has 0 saturated carbocycles. The Kier molecular flexibility index (Phi) is 3.21. The van der Waals surface area contributed by atoms with E-state index in [4.69, 9.17) is 4.74 Å². The molecule has 4 heteroatoms. The summed E-state index contributed by atoms with van der Waals surface area (Å²) in [5.41, 5.74) is 3.82. The number of hydrogen-bond donors (Lipinski definition) is 0. The van der Waals surface area contributed by atoms with Crippen LogP contribution in [0.15, 0.2) is 54.7 Å². The Morgan fingerprint density at radius 2 is 1.80 bits per heavy atom. The largest absolute Gasteiger partial charge is 0.497 e. The van der Waals surface area contributed by atoms with Gasteiger partial charge in [-0.05, 0) is 49.4 Å². The molecule has 2 heterocycles. The Labute approximate surface area is 117 Å². The van der Waals surface area contributed by atoms with Gasteiger partial charge in [0.15, 0.2) is 0 Å². The van der Waals surface area contributed by atoms with E-state index in [1.165, 1.54) is 0 Å². The Bertz CT molecular complexity index is 702. The molecule has 0 atom stereocenters. The first kappa shape index (κ1) is 12.4. The van der Waals surface area contributed by atoms with Gasteiger partial charge in [-0.15, -0.1) is 0 Å². The Morgan fingerprint density at radius 1 is 1.00 bits per heavy atom. The zero-order valence-electron chi connectivity index (χ0n) is 11.4. The lowest BCUT2D eigenvalue weighted by Gasteiger charge is -2.05. The van der Waals surface area contributed by atoms with E-state index in [0.717, 1.165) is 28.5 Å². The van der Waals surface area contributed by atoms with Crippen LogP contribution >= 0.6 is 0 Å². The normalized spacial score (nSPS) is 10.5. The van der Waals surface area contributed by atoms with Crippen LogP contribution < -0.4 is 4.74 Å². The zero-order chi connectivity index (χ0) is 13.9. The summed E-state index contributed by atoms with van der Waals surface area (Å²) in [6.07, 6.45) is 1.77. The predicted octanol–water partition coefficient (Wildman–Crippen LogP) is 3.25. The first-order chi connectivity index (χ1) is 9.78. The maximum atomic E-state index is 5.17. The summed E-state index contributed by atoms with van der Waals surface area (Å²) in [4.78, 5) is 4.33. The molecule has 0 N–H and O–H groups in total. The fourth-order valence-corrected chi connectivity index (χ4v) is 2.10. The van der Waals surface area contributed by atoms with E-state index in [-0.39, 0.29) is 0 Å². The number of nitrogens with zero attached hydrogens (tertiary/aromatic N) is 3. The van der Waals surface area contributed by atoms with Crippen LogP contribution in [0.25, 0.3) is 17.1 Å². The highest BCUT2D eigenvalue weighted by atomic mass is 16.5. The number of ether oxygens (including phenoxy) is 1. The van der Waals surface area contributed by atoms with Crippen LogP contribution in [0.3, 0.4) is 0 Å². The fourth-order valence-electron chi connectivity index (χ4n) is 2.10. The minimum Gasteiger partial charge on any atom is -0.497 e. The minimum atomic E-state index is 0.837. The monoisotopic (exact) mass is 265 g/mol. The summed E-state index contributed by atoms with van der Waals surface area (Å²) in [5, 5.41) is 4.62. The lowest BCUT2D eigenvalue weighted by molar-refractivity contribution is 0.414. The maximum Gasteiger partial charge on any atom is 0.119 e. The van der Waals surface area contributed by atoms with E-state index < -0.39 is 0 Å². The second-order valence-electron chi connectivity index (χ2n) is 4.50. The number of pyridine rings is 1. The van der Waals surface area contributed by atoms with Gasteiger partial charge in [0, 0.05) is 11.9 Å². The Morgan fingerprint density at radius 3 is 2.45 bits per heavy atom. The van der Waals surface area contributed by atoms with Crippen molar-refractivity contribution in [1.29, 1.82) is 0 Å². The van der Waals surface area contributed by atoms with Crippen LogP contribution in [-0.4, -0.2) is 21.9 Å². The first-order valence-corrected chi connectivity index (χ1v) is 6.40. The second-order valence-corrected chi connectivity index (χ2v) is 4.50. The smallest absolute Gasteiger partial charge is 0.119 e. The number of aryl methyl sites for hydroxylation is 1. The minimum absolute atomic E-state index is 0.837. The molecule has 2 aromatic heterocycles. The summed E-state index contributed by atoms with van der Waals surface area (Å²) < 4.78 is 7.08. The Balaban J connectivity index is 2.00. The van der Waals surface area contributed by atoms with Crippen molar-refractivity contribution in [3.05, 3.63) is 60.4 Å². The van der Waals surface area contributed by atoms with E-state index in [2.05, 4.69) is 10.1 Å². The van der Waals surface area contributed by atoms with E-state index in [9.17, 15) is 0 Å². The van der Waals surface area contributed by atoms with E-state index in [1.54, 1.807) is 13.3 Å². The molecule has 0 bridgehead atoms. The molecule has 0 aliphatic heterocycles. The van der Waals surface area contributed by atoms with Crippen molar-refractivity contribution in [3.63, 3.8) is 0 Å². The molecule has 0 radical (unpaired) electrons. The number of benzene rings is 1. The van der Waals surface area contributed by atoms with Crippen LogP contribution in [0.4, 0.5) is 0 Å². The van der Waals surface area contributed by atoms with Crippen LogP contribution in [-0.2, 0) is 0 Å². The van der Waals surface area contributed by atoms with Crippen molar-refractivity contribution < 1.29 is 4.74 Å². The highest BCUT2D eigenvalue weighted by Gasteiger charge is 2.08. The van der Waals surface area contributed by atoms with Crippen molar-refractivity contribution in [3.8, 4) is 22.8 Å². The van der Waals surface area contributed by atoms with Gasteiger partial charge in [0.25, 0.3) is 0 Å². The van der Waals surface area contributed by atoms with Gasteiger partial charge in [-0.2, -0.15) is 5.10 Å². The zero-order valence-corrected chi connectivity index (χ0v) is 11.4. The van der Waals surface area contributed by atoms with Crippen molar-refractivity contribution in [2.45, 2.75) is 6.92 Å². The first-order valence-electron chi connectivity index (χ1n) is 6.40. The quantitative estimate of drug-likeness (QED) is 0.729. The van der Waals surface area contributed by atoms with Gasteiger partial charge in [-0.3, -0.25) is 4.98 Å². The molecular weight excluding hydrogens is 250 g/mol.